The van der Waals surface area contributed by atoms with Gasteiger partial charge in [0.1, 0.15) is 5.75 Å². The molecule has 1 heterocycles. The van der Waals surface area contributed by atoms with Crippen LogP contribution in [0.5, 0.6) is 5.75 Å². The Morgan fingerprint density at radius 1 is 1.09 bits per heavy atom. The average molecular weight is 307 g/mol. The van der Waals surface area contributed by atoms with Crippen LogP contribution in [0.2, 0.25) is 0 Å². The smallest absolute Gasteiger partial charge is 0.237 e. The van der Waals surface area contributed by atoms with Crippen LogP contribution in [-0.4, -0.2) is 19.6 Å². The molecule has 1 saturated carbocycles. The summed E-state index contributed by atoms with van der Waals surface area (Å²) in [5.74, 6) is 1.09. The van der Waals surface area contributed by atoms with Gasteiger partial charge in [0.15, 0.2) is 0 Å². The molecule has 0 bridgehead atoms. The van der Waals surface area contributed by atoms with Gasteiger partial charge in [0.25, 0.3) is 0 Å². The lowest BCUT2D eigenvalue weighted by atomic mass is 9.92. The molecule has 118 valence electrons. The summed E-state index contributed by atoms with van der Waals surface area (Å²) in [5, 5.41) is 0. The highest BCUT2D eigenvalue weighted by Gasteiger charge is 2.53. The average Bonchev–Trinajstić information content (AvgIpc) is 3.42. The van der Waals surface area contributed by atoms with Crippen molar-refractivity contribution < 1.29 is 9.53 Å². The number of ether oxygens (including phenoxy) is 1. The SMILES string of the molecule is COc1ccc(C2(C(=O)N3CCCc4ccccc43)CC2)cc1. The molecule has 1 fully saturated rings. The summed E-state index contributed by atoms with van der Waals surface area (Å²) >= 11 is 0. The Balaban J connectivity index is 1.66. The van der Waals surface area contributed by atoms with Crippen molar-refractivity contribution in [2.75, 3.05) is 18.6 Å². The Kier molecular flexibility index (Phi) is 3.37. The first-order chi connectivity index (χ1) is 11.2. The number of nitrogens with zero attached hydrogens (tertiary/aromatic N) is 1. The van der Waals surface area contributed by atoms with Crippen LogP contribution in [0.4, 0.5) is 5.69 Å². The van der Waals surface area contributed by atoms with E-state index in [4.69, 9.17) is 4.74 Å². The predicted molar refractivity (Wildman–Crippen MR) is 91.0 cm³/mol. The van der Waals surface area contributed by atoms with Crippen LogP contribution in [0.25, 0.3) is 0 Å². The van der Waals surface area contributed by atoms with E-state index >= 15 is 0 Å². The van der Waals surface area contributed by atoms with Crippen LogP contribution in [-0.2, 0) is 16.6 Å². The minimum Gasteiger partial charge on any atom is -0.497 e. The summed E-state index contributed by atoms with van der Waals surface area (Å²) < 4.78 is 5.23. The van der Waals surface area contributed by atoms with Gasteiger partial charge in [-0.25, -0.2) is 0 Å². The van der Waals surface area contributed by atoms with Crippen LogP contribution < -0.4 is 9.64 Å². The molecule has 0 atom stereocenters. The number of rotatable bonds is 3. The third-order valence-corrected chi connectivity index (χ3v) is 5.16. The van der Waals surface area contributed by atoms with E-state index in [9.17, 15) is 4.79 Å². The zero-order chi connectivity index (χ0) is 15.9. The zero-order valence-corrected chi connectivity index (χ0v) is 13.4. The zero-order valence-electron chi connectivity index (χ0n) is 13.4. The summed E-state index contributed by atoms with van der Waals surface area (Å²) in [7, 11) is 1.66. The third-order valence-electron chi connectivity index (χ3n) is 5.16. The number of aryl methyl sites for hydroxylation is 1. The molecule has 0 aromatic heterocycles. The second-order valence-electron chi connectivity index (χ2n) is 6.50. The molecule has 3 nitrogen and oxygen atoms in total. The van der Waals surface area contributed by atoms with Crippen LogP contribution in [0.15, 0.2) is 48.5 Å². The minimum atomic E-state index is -0.323. The third kappa shape index (κ3) is 2.31. The van der Waals surface area contributed by atoms with Crippen molar-refractivity contribution in [2.45, 2.75) is 31.1 Å². The van der Waals surface area contributed by atoms with E-state index in [1.165, 1.54) is 5.56 Å². The lowest BCUT2D eigenvalue weighted by molar-refractivity contribution is -0.121. The summed E-state index contributed by atoms with van der Waals surface area (Å²) in [4.78, 5) is 15.3. The Labute approximate surface area is 136 Å². The molecule has 2 aliphatic rings. The molecule has 4 rings (SSSR count). The van der Waals surface area contributed by atoms with Crippen LogP contribution in [0.3, 0.4) is 0 Å². The van der Waals surface area contributed by atoms with E-state index in [1.54, 1.807) is 7.11 Å². The minimum absolute atomic E-state index is 0.259. The van der Waals surface area contributed by atoms with E-state index < -0.39 is 0 Å². The van der Waals surface area contributed by atoms with E-state index in [0.717, 1.165) is 49.2 Å². The fraction of sp³-hybridized carbons (Fsp3) is 0.350. The van der Waals surface area contributed by atoms with Gasteiger partial charge in [-0.05, 0) is 55.0 Å². The number of amides is 1. The highest BCUT2D eigenvalue weighted by molar-refractivity contribution is 6.04. The van der Waals surface area contributed by atoms with Gasteiger partial charge in [-0.15, -0.1) is 0 Å². The van der Waals surface area contributed by atoms with E-state index in [2.05, 4.69) is 18.2 Å². The summed E-state index contributed by atoms with van der Waals surface area (Å²) in [5.41, 5.74) is 3.18. The van der Waals surface area contributed by atoms with E-state index in [-0.39, 0.29) is 11.3 Å². The Hall–Kier alpha value is -2.29. The number of methoxy groups -OCH3 is 1. The maximum absolute atomic E-state index is 13.3. The van der Waals surface area contributed by atoms with Gasteiger partial charge in [0.05, 0.1) is 12.5 Å². The molecule has 0 N–H and O–H groups in total. The maximum Gasteiger partial charge on any atom is 0.237 e. The van der Waals surface area contributed by atoms with Crippen LogP contribution in [0.1, 0.15) is 30.4 Å². The molecule has 3 heteroatoms. The summed E-state index contributed by atoms with van der Waals surface area (Å²) in [6.45, 7) is 0.827. The monoisotopic (exact) mass is 307 g/mol. The standard InChI is InChI=1S/C20H21NO2/c1-23-17-10-8-16(9-11-17)20(12-13-20)19(22)21-14-4-6-15-5-2-3-7-18(15)21/h2-3,5,7-11H,4,6,12-14H2,1H3. The molecule has 1 aliphatic heterocycles. The largest absolute Gasteiger partial charge is 0.497 e. The first-order valence-corrected chi connectivity index (χ1v) is 8.29. The number of fused-ring (bicyclic) bond motifs is 1. The van der Waals surface area contributed by atoms with Crippen LogP contribution in [0, 0.1) is 0 Å². The number of carbonyl (C=O) groups is 1. The van der Waals surface area contributed by atoms with Gasteiger partial charge in [-0.1, -0.05) is 30.3 Å². The topological polar surface area (TPSA) is 29.5 Å². The molecule has 23 heavy (non-hydrogen) atoms. The number of hydrogen-bond acceptors (Lipinski definition) is 2. The van der Waals surface area contributed by atoms with Crippen molar-refractivity contribution in [1.82, 2.24) is 0 Å². The number of carbonyl (C=O) groups excluding carboxylic acids is 1. The van der Waals surface area contributed by atoms with Gasteiger partial charge in [-0.3, -0.25) is 4.79 Å². The molecule has 0 saturated heterocycles. The van der Waals surface area contributed by atoms with E-state index in [1.807, 2.05) is 35.2 Å². The molecule has 0 radical (unpaired) electrons. The molecule has 2 aromatic rings. The summed E-state index contributed by atoms with van der Waals surface area (Å²) in [6, 6.07) is 16.3. The lowest BCUT2D eigenvalue weighted by Gasteiger charge is -2.32. The van der Waals surface area contributed by atoms with Gasteiger partial charge in [0, 0.05) is 12.2 Å². The highest BCUT2D eigenvalue weighted by Crippen LogP contribution is 2.51. The Bertz CT molecular complexity index is 732. The molecular formula is C20H21NO2. The maximum atomic E-state index is 13.3. The molecule has 0 unspecified atom stereocenters. The highest BCUT2D eigenvalue weighted by atomic mass is 16.5. The second-order valence-corrected chi connectivity index (χ2v) is 6.50. The van der Waals surface area contributed by atoms with Gasteiger partial charge >= 0.3 is 0 Å². The number of anilines is 1. The normalized spacial score (nSPS) is 18.2. The molecule has 0 spiro atoms. The quantitative estimate of drug-likeness (QED) is 0.865. The fourth-order valence-corrected chi connectivity index (χ4v) is 3.66. The molecule has 1 amide bonds. The molecule has 2 aromatic carbocycles. The molecule has 1 aliphatic carbocycles. The predicted octanol–water partition coefficient (Wildman–Crippen LogP) is 3.71. The van der Waals surface area contributed by atoms with Crippen molar-refractivity contribution in [3.63, 3.8) is 0 Å². The lowest BCUT2D eigenvalue weighted by Crippen LogP contribution is -2.42. The van der Waals surface area contributed by atoms with Crippen molar-refractivity contribution in [1.29, 1.82) is 0 Å². The van der Waals surface area contributed by atoms with E-state index in [0.29, 0.717) is 0 Å². The van der Waals surface area contributed by atoms with Gasteiger partial charge in [-0.2, -0.15) is 0 Å². The molecular weight excluding hydrogens is 286 g/mol. The first kappa shape index (κ1) is 14.3. The van der Waals surface area contributed by atoms with Crippen molar-refractivity contribution >= 4 is 11.6 Å². The second kappa shape index (κ2) is 5.41. The number of hydrogen-bond donors (Lipinski definition) is 0. The van der Waals surface area contributed by atoms with Crippen LogP contribution >= 0.6 is 0 Å². The fourth-order valence-electron chi connectivity index (χ4n) is 3.66. The number of para-hydroxylation sites is 1. The number of benzene rings is 2. The van der Waals surface area contributed by atoms with Crippen molar-refractivity contribution in [3.8, 4) is 5.75 Å². The summed E-state index contributed by atoms with van der Waals surface area (Å²) in [6.07, 6.45) is 3.99. The Morgan fingerprint density at radius 2 is 1.83 bits per heavy atom. The first-order valence-electron chi connectivity index (χ1n) is 8.29. The van der Waals surface area contributed by atoms with Gasteiger partial charge in [0.2, 0.25) is 5.91 Å². The Morgan fingerprint density at radius 3 is 2.52 bits per heavy atom. The van der Waals surface area contributed by atoms with Crippen molar-refractivity contribution in [2.24, 2.45) is 0 Å². The van der Waals surface area contributed by atoms with Gasteiger partial charge < -0.3 is 9.64 Å². The van der Waals surface area contributed by atoms with Crippen molar-refractivity contribution in [3.05, 3.63) is 59.7 Å².